The zero-order valence-electron chi connectivity index (χ0n) is 16.9. The number of hydrogen-bond donors (Lipinski definition) is 1. The van der Waals surface area contributed by atoms with E-state index in [1.54, 1.807) is 31.2 Å². The average molecular weight is 454 g/mol. The molecule has 0 fully saturated rings. The van der Waals surface area contributed by atoms with Crippen molar-refractivity contribution in [2.45, 2.75) is 20.0 Å². The zero-order chi connectivity index (χ0) is 22.8. The lowest BCUT2D eigenvalue weighted by Gasteiger charge is -2.14. The monoisotopic (exact) mass is 453 g/mol. The normalized spacial score (nSPS) is 11.0. The van der Waals surface area contributed by atoms with Crippen LogP contribution in [0.4, 0.5) is 10.1 Å². The number of anilines is 1. The highest BCUT2D eigenvalue weighted by Gasteiger charge is 2.18. The van der Waals surface area contributed by atoms with Gasteiger partial charge in [-0.3, -0.25) is 18.7 Å². The summed E-state index contributed by atoms with van der Waals surface area (Å²) in [6.07, 6.45) is 2.66. The molecule has 0 saturated heterocycles. The van der Waals surface area contributed by atoms with E-state index in [-0.39, 0.29) is 23.4 Å². The first-order chi connectivity index (χ1) is 15.3. The van der Waals surface area contributed by atoms with Gasteiger partial charge in [0.25, 0.3) is 5.56 Å². The summed E-state index contributed by atoms with van der Waals surface area (Å²) in [6.45, 7) is 1.24. The van der Waals surface area contributed by atoms with Gasteiger partial charge in [-0.25, -0.2) is 19.2 Å². The van der Waals surface area contributed by atoms with E-state index in [4.69, 9.17) is 11.6 Å². The molecule has 1 N–H and O–H groups in total. The SMILES string of the molecule is Cc1ccc(F)cc1NC(=O)Cn1c(=O)n(Cc2ccc(Cl)cc2)c(=O)c2nccnc21. The van der Waals surface area contributed by atoms with E-state index in [1.807, 2.05) is 0 Å². The number of rotatable bonds is 5. The molecule has 0 saturated carbocycles. The summed E-state index contributed by atoms with van der Waals surface area (Å²) in [7, 11) is 0. The van der Waals surface area contributed by atoms with E-state index >= 15 is 0 Å². The molecule has 0 aliphatic carbocycles. The van der Waals surface area contributed by atoms with Gasteiger partial charge in [0, 0.05) is 23.1 Å². The van der Waals surface area contributed by atoms with Crippen molar-refractivity contribution in [1.29, 1.82) is 0 Å². The van der Waals surface area contributed by atoms with E-state index in [1.165, 1.54) is 30.6 Å². The van der Waals surface area contributed by atoms with Crippen LogP contribution < -0.4 is 16.6 Å². The Kier molecular flexibility index (Phi) is 5.83. The molecule has 32 heavy (non-hydrogen) atoms. The molecule has 162 valence electrons. The summed E-state index contributed by atoms with van der Waals surface area (Å²) >= 11 is 5.90. The van der Waals surface area contributed by atoms with Crippen LogP contribution in [0.25, 0.3) is 11.2 Å². The molecule has 8 nitrogen and oxygen atoms in total. The van der Waals surface area contributed by atoms with Gasteiger partial charge in [-0.05, 0) is 42.3 Å². The number of carbonyl (C=O) groups excluding carboxylic acids is 1. The van der Waals surface area contributed by atoms with Crippen LogP contribution in [0, 0.1) is 12.7 Å². The second-order valence-corrected chi connectivity index (χ2v) is 7.56. The van der Waals surface area contributed by atoms with E-state index in [2.05, 4.69) is 15.3 Å². The smallest absolute Gasteiger partial charge is 0.324 e. The van der Waals surface area contributed by atoms with Crippen molar-refractivity contribution in [3.63, 3.8) is 0 Å². The lowest BCUT2D eigenvalue weighted by Crippen LogP contribution is -2.42. The predicted molar refractivity (Wildman–Crippen MR) is 118 cm³/mol. The summed E-state index contributed by atoms with van der Waals surface area (Å²) in [6, 6.07) is 10.7. The molecular formula is C22H17ClFN5O3. The fourth-order valence-corrected chi connectivity index (χ4v) is 3.37. The van der Waals surface area contributed by atoms with Crippen LogP contribution in [0.3, 0.4) is 0 Å². The highest BCUT2D eigenvalue weighted by molar-refractivity contribution is 6.30. The molecule has 0 aliphatic heterocycles. The molecule has 0 spiro atoms. The Morgan fingerprint density at radius 1 is 1.06 bits per heavy atom. The van der Waals surface area contributed by atoms with Crippen LogP contribution in [0.2, 0.25) is 5.02 Å². The standard InChI is InChI=1S/C22H17ClFN5O3/c1-13-2-7-16(24)10-17(13)27-18(30)12-28-20-19(25-8-9-26-20)21(31)29(22(28)32)11-14-3-5-15(23)6-4-14/h2-10H,11-12H2,1H3,(H,27,30). The molecule has 0 atom stereocenters. The Bertz CT molecular complexity index is 1450. The minimum atomic E-state index is -0.718. The molecule has 2 aromatic carbocycles. The third-order valence-electron chi connectivity index (χ3n) is 4.87. The van der Waals surface area contributed by atoms with Gasteiger partial charge in [0.2, 0.25) is 5.91 Å². The molecule has 0 unspecified atom stereocenters. The summed E-state index contributed by atoms with van der Waals surface area (Å²) in [5.41, 5.74) is 0.215. The summed E-state index contributed by atoms with van der Waals surface area (Å²) in [5, 5.41) is 3.11. The number of halogens is 2. The van der Waals surface area contributed by atoms with E-state index < -0.39 is 29.5 Å². The van der Waals surface area contributed by atoms with Crippen LogP contribution >= 0.6 is 11.6 Å². The van der Waals surface area contributed by atoms with Crippen LogP contribution in [-0.4, -0.2) is 25.0 Å². The van der Waals surface area contributed by atoms with Gasteiger partial charge < -0.3 is 5.32 Å². The van der Waals surface area contributed by atoms with Crippen molar-refractivity contribution in [2.75, 3.05) is 5.32 Å². The Hall–Kier alpha value is -3.85. The third-order valence-corrected chi connectivity index (χ3v) is 5.13. The number of aromatic nitrogens is 4. The van der Waals surface area contributed by atoms with Gasteiger partial charge >= 0.3 is 5.69 Å². The van der Waals surface area contributed by atoms with Gasteiger partial charge in [-0.15, -0.1) is 0 Å². The van der Waals surface area contributed by atoms with E-state index in [9.17, 15) is 18.8 Å². The van der Waals surface area contributed by atoms with Gasteiger partial charge in [-0.2, -0.15) is 0 Å². The Labute approximate surface area is 185 Å². The molecular weight excluding hydrogens is 437 g/mol. The third kappa shape index (κ3) is 4.28. The zero-order valence-corrected chi connectivity index (χ0v) is 17.6. The van der Waals surface area contributed by atoms with E-state index in [0.717, 1.165) is 9.13 Å². The van der Waals surface area contributed by atoms with Crippen molar-refractivity contribution < 1.29 is 9.18 Å². The highest BCUT2D eigenvalue weighted by atomic mass is 35.5. The topological polar surface area (TPSA) is 98.9 Å². The summed E-state index contributed by atoms with van der Waals surface area (Å²) < 4.78 is 15.6. The number of benzene rings is 2. The second kappa shape index (κ2) is 8.72. The van der Waals surface area contributed by atoms with Gasteiger partial charge in [-0.1, -0.05) is 29.8 Å². The number of carbonyl (C=O) groups is 1. The molecule has 4 aromatic rings. The largest absolute Gasteiger partial charge is 0.333 e. The molecule has 0 aliphatic rings. The highest BCUT2D eigenvalue weighted by Crippen LogP contribution is 2.16. The Balaban J connectivity index is 1.75. The number of aryl methyl sites for hydroxylation is 1. The minimum Gasteiger partial charge on any atom is -0.324 e. The average Bonchev–Trinajstić information content (AvgIpc) is 2.78. The number of amides is 1. The lowest BCUT2D eigenvalue weighted by atomic mass is 10.2. The van der Waals surface area contributed by atoms with E-state index in [0.29, 0.717) is 16.1 Å². The maximum Gasteiger partial charge on any atom is 0.333 e. The molecule has 0 radical (unpaired) electrons. The van der Waals surface area contributed by atoms with Crippen LogP contribution in [0.5, 0.6) is 0 Å². The van der Waals surface area contributed by atoms with Gasteiger partial charge in [0.15, 0.2) is 11.2 Å². The minimum absolute atomic E-state index is 0.0130. The van der Waals surface area contributed by atoms with Crippen LogP contribution in [0.1, 0.15) is 11.1 Å². The molecule has 10 heteroatoms. The first kappa shape index (κ1) is 21.4. The molecule has 0 bridgehead atoms. The maximum atomic E-state index is 13.6. The van der Waals surface area contributed by atoms with Crippen molar-refractivity contribution in [2.24, 2.45) is 0 Å². The lowest BCUT2D eigenvalue weighted by molar-refractivity contribution is -0.116. The summed E-state index contributed by atoms with van der Waals surface area (Å²) in [4.78, 5) is 46.9. The Morgan fingerprint density at radius 2 is 1.78 bits per heavy atom. The molecule has 4 rings (SSSR count). The molecule has 2 heterocycles. The van der Waals surface area contributed by atoms with Gasteiger partial charge in [0.1, 0.15) is 12.4 Å². The Morgan fingerprint density at radius 3 is 2.53 bits per heavy atom. The number of fused-ring (bicyclic) bond motifs is 1. The fraction of sp³-hybridized carbons (Fsp3) is 0.136. The molecule has 1 amide bonds. The number of nitrogens with zero attached hydrogens (tertiary/aromatic N) is 4. The van der Waals surface area contributed by atoms with Crippen molar-refractivity contribution in [3.05, 3.63) is 97.7 Å². The first-order valence-corrected chi connectivity index (χ1v) is 9.96. The van der Waals surface area contributed by atoms with Gasteiger partial charge in [0.05, 0.1) is 6.54 Å². The van der Waals surface area contributed by atoms with Crippen molar-refractivity contribution in [3.8, 4) is 0 Å². The quantitative estimate of drug-likeness (QED) is 0.501. The number of hydrogen-bond acceptors (Lipinski definition) is 5. The second-order valence-electron chi connectivity index (χ2n) is 7.12. The molecule has 2 aromatic heterocycles. The van der Waals surface area contributed by atoms with Crippen LogP contribution in [0.15, 0.2) is 64.4 Å². The number of nitrogens with one attached hydrogen (secondary N) is 1. The summed E-state index contributed by atoms with van der Waals surface area (Å²) in [5.74, 6) is -1.08. The fourth-order valence-electron chi connectivity index (χ4n) is 3.25. The van der Waals surface area contributed by atoms with Crippen LogP contribution in [-0.2, 0) is 17.9 Å². The maximum absolute atomic E-state index is 13.6. The van der Waals surface area contributed by atoms with Crippen molar-refractivity contribution in [1.82, 2.24) is 19.1 Å². The first-order valence-electron chi connectivity index (χ1n) is 9.58. The van der Waals surface area contributed by atoms with Crippen molar-refractivity contribution >= 4 is 34.4 Å². The predicted octanol–water partition coefficient (Wildman–Crippen LogP) is 2.74.